The molecule has 1 nitrogen and oxygen atoms in total. The summed E-state index contributed by atoms with van der Waals surface area (Å²) in [4.78, 5) is 0. The zero-order valence-corrected chi connectivity index (χ0v) is 9.34. The van der Waals surface area contributed by atoms with Gasteiger partial charge in [0.1, 0.15) is 0 Å². The van der Waals surface area contributed by atoms with Gasteiger partial charge in [-0.25, -0.2) is 0 Å². The second kappa shape index (κ2) is 4.48. The van der Waals surface area contributed by atoms with E-state index in [0.29, 0.717) is 6.04 Å². The Balaban J connectivity index is 1.89. The van der Waals surface area contributed by atoms with Crippen LogP contribution in [0.25, 0.3) is 0 Å². The van der Waals surface area contributed by atoms with Gasteiger partial charge in [0.15, 0.2) is 0 Å². The largest absolute Gasteiger partial charge is 0.324 e. The van der Waals surface area contributed by atoms with E-state index in [1.807, 2.05) is 0 Å². The third-order valence-electron chi connectivity index (χ3n) is 3.76. The Bertz CT molecular complexity index is 213. The number of allylic oxidation sites excluding steroid dienone is 1. The first-order valence-electron chi connectivity index (χ1n) is 6.19. The van der Waals surface area contributed by atoms with Crippen LogP contribution in [0.4, 0.5) is 0 Å². The molecule has 0 bridgehead atoms. The Labute approximate surface area is 87.8 Å². The lowest BCUT2D eigenvalue weighted by Crippen LogP contribution is -2.25. The maximum atomic E-state index is 6.01. The Morgan fingerprint density at radius 3 is 2.71 bits per heavy atom. The van der Waals surface area contributed by atoms with Crippen LogP contribution in [0.1, 0.15) is 51.9 Å². The molecule has 2 aliphatic rings. The molecule has 0 amide bonds. The molecule has 0 aromatic rings. The van der Waals surface area contributed by atoms with Crippen molar-refractivity contribution in [2.24, 2.45) is 17.6 Å². The summed E-state index contributed by atoms with van der Waals surface area (Å²) in [5.74, 6) is 1.80. The van der Waals surface area contributed by atoms with E-state index in [1.54, 1.807) is 5.57 Å². The van der Waals surface area contributed by atoms with Crippen molar-refractivity contribution in [3.63, 3.8) is 0 Å². The number of hydrogen-bond acceptors (Lipinski definition) is 1. The van der Waals surface area contributed by atoms with Gasteiger partial charge < -0.3 is 5.73 Å². The monoisotopic (exact) mass is 193 g/mol. The predicted octanol–water partition coefficient (Wildman–Crippen LogP) is 3.25. The van der Waals surface area contributed by atoms with Crippen molar-refractivity contribution in [1.29, 1.82) is 0 Å². The minimum Gasteiger partial charge on any atom is -0.324 e. The van der Waals surface area contributed by atoms with Crippen molar-refractivity contribution in [3.8, 4) is 0 Å². The summed E-state index contributed by atoms with van der Waals surface area (Å²) in [5, 5.41) is 0. The quantitative estimate of drug-likeness (QED) is 0.669. The van der Waals surface area contributed by atoms with E-state index in [9.17, 15) is 0 Å². The lowest BCUT2D eigenvalue weighted by molar-refractivity contribution is 0.439. The minimum atomic E-state index is 0.343. The van der Waals surface area contributed by atoms with Crippen LogP contribution in [0.2, 0.25) is 0 Å². The number of nitrogens with two attached hydrogens (primary N) is 1. The molecule has 80 valence electrons. The summed E-state index contributed by atoms with van der Waals surface area (Å²) < 4.78 is 0. The van der Waals surface area contributed by atoms with Crippen molar-refractivity contribution < 1.29 is 0 Å². The van der Waals surface area contributed by atoms with Gasteiger partial charge in [0.25, 0.3) is 0 Å². The SMILES string of the molecule is CC1CC(CC2CCCC2)=CC(N)C1. The second-order valence-electron chi connectivity index (χ2n) is 5.39. The van der Waals surface area contributed by atoms with E-state index in [4.69, 9.17) is 5.73 Å². The van der Waals surface area contributed by atoms with Gasteiger partial charge in [0.2, 0.25) is 0 Å². The van der Waals surface area contributed by atoms with Crippen LogP contribution in [0.15, 0.2) is 11.6 Å². The molecular formula is C13H23N. The fourth-order valence-corrected chi connectivity index (χ4v) is 3.17. The highest BCUT2D eigenvalue weighted by Crippen LogP contribution is 2.34. The van der Waals surface area contributed by atoms with Crippen molar-refractivity contribution >= 4 is 0 Å². The second-order valence-corrected chi connectivity index (χ2v) is 5.39. The molecule has 0 aliphatic heterocycles. The number of rotatable bonds is 2. The van der Waals surface area contributed by atoms with Crippen LogP contribution >= 0.6 is 0 Å². The molecule has 0 radical (unpaired) electrons. The van der Waals surface area contributed by atoms with Crippen molar-refractivity contribution in [1.82, 2.24) is 0 Å². The highest BCUT2D eigenvalue weighted by Gasteiger charge is 2.21. The first kappa shape index (κ1) is 10.2. The topological polar surface area (TPSA) is 26.0 Å². The van der Waals surface area contributed by atoms with E-state index in [1.165, 1.54) is 44.9 Å². The molecule has 0 heterocycles. The molecule has 0 aromatic carbocycles. The zero-order chi connectivity index (χ0) is 9.97. The number of hydrogen-bond donors (Lipinski definition) is 1. The van der Waals surface area contributed by atoms with Crippen LogP contribution < -0.4 is 5.73 Å². The average molecular weight is 193 g/mol. The molecule has 2 unspecified atom stereocenters. The van der Waals surface area contributed by atoms with E-state index in [-0.39, 0.29) is 0 Å². The van der Waals surface area contributed by atoms with Gasteiger partial charge in [-0.1, -0.05) is 44.3 Å². The first-order valence-corrected chi connectivity index (χ1v) is 6.19. The Morgan fingerprint density at radius 2 is 2.07 bits per heavy atom. The van der Waals surface area contributed by atoms with E-state index >= 15 is 0 Å². The fourth-order valence-electron chi connectivity index (χ4n) is 3.17. The normalized spacial score (nSPS) is 34.6. The van der Waals surface area contributed by atoms with Gasteiger partial charge in [-0.15, -0.1) is 0 Å². The van der Waals surface area contributed by atoms with Crippen LogP contribution in [-0.4, -0.2) is 6.04 Å². The fraction of sp³-hybridized carbons (Fsp3) is 0.846. The maximum absolute atomic E-state index is 6.01. The standard InChI is InChI=1S/C13H23N/c1-10-6-12(9-13(14)7-10)8-11-4-2-3-5-11/h9-11,13H,2-8,14H2,1H3. The molecule has 0 spiro atoms. The van der Waals surface area contributed by atoms with Gasteiger partial charge >= 0.3 is 0 Å². The third-order valence-corrected chi connectivity index (χ3v) is 3.76. The van der Waals surface area contributed by atoms with Crippen molar-refractivity contribution in [2.45, 2.75) is 57.9 Å². The summed E-state index contributed by atoms with van der Waals surface area (Å²) in [6.07, 6.45) is 12.0. The van der Waals surface area contributed by atoms with Crippen molar-refractivity contribution in [2.75, 3.05) is 0 Å². The molecule has 1 fully saturated rings. The van der Waals surface area contributed by atoms with Crippen LogP contribution in [0, 0.1) is 11.8 Å². The summed E-state index contributed by atoms with van der Waals surface area (Å²) in [7, 11) is 0. The summed E-state index contributed by atoms with van der Waals surface area (Å²) in [6.45, 7) is 2.33. The van der Waals surface area contributed by atoms with Gasteiger partial charge in [-0.2, -0.15) is 0 Å². The van der Waals surface area contributed by atoms with E-state index in [0.717, 1.165) is 11.8 Å². The lowest BCUT2D eigenvalue weighted by atomic mass is 9.83. The molecule has 2 atom stereocenters. The molecule has 1 saturated carbocycles. The van der Waals surface area contributed by atoms with E-state index in [2.05, 4.69) is 13.0 Å². The minimum absolute atomic E-state index is 0.343. The van der Waals surface area contributed by atoms with Gasteiger partial charge in [-0.3, -0.25) is 0 Å². The van der Waals surface area contributed by atoms with Crippen LogP contribution in [-0.2, 0) is 0 Å². The van der Waals surface area contributed by atoms with Crippen molar-refractivity contribution in [3.05, 3.63) is 11.6 Å². The van der Waals surface area contributed by atoms with Crippen LogP contribution in [0.5, 0.6) is 0 Å². The summed E-state index contributed by atoms with van der Waals surface area (Å²) >= 11 is 0. The van der Waals surface area contributed by atoms with E-state index < -0.39 is 0 Å². The molecule has 2 N–H and O–H groups in total. The molecule has 1 heteroatoms. The Morgan fingerprint density at radius 1 is 1.36 bits per heavy atom. The van der Waals surface area contributed by atoms with Gasteiger partial charge in [-0.05, 0) is 31.1 Å². The zero-order valence-electron chi connectivity index (χ0n) is 9.34. The Kier molecular flexibility index (Phi) is 3.27. The molecule has 0 saturated heterocycles. The molecule has 2 aliphatic carbocycles. The lowest BCUT2D eigenvalue weighted by Gasteiger charge is -2.25. The van der Waals surface area contributed by atoms with Crippen LogP contribution in [0.3, 0.4) is 0 Å². The Hall–Kier alpha value is -0.300. The molecule has 14 heavy (non-hydrogen) atoms. The maximum Gasteiger partial charge on any atom is 0.0228 e. The average Bonchev–Trinajstić information content (AvgIpc) is 2.54. The highest BCUT2D eigenvalue weighted by molar-refractivity contribution is 5.12. The smallest absolute Gasteiger partial charge is 0.0228 e. The summed E-state index contributed by atoms with van der Waals surface area (Å²) in [5.41, 5.74) is 7.67. The van der Waals surface area contributed by atoms with Gasteiger partial charge in [0.05, 0.1) is 0 Å². The third kappa shape index (κ3) is 2.60. The molecule has 0 aromatic heterocycles. The van der Waals surface area contributed by atoms with Gasteiger partial charge in [0, 0.05) is 6.04 Å². The molecular weight excluding hydrogens is 170 g/mol. The highest BCUT2D eigenvalue weighted by atomic mass is 14.6. The summed E-state index contributed by atoms with van der Waals surface area (Å²) in [6, 6.07) is 0.343. The molecule has 2 rings (SSSR count). The first-order chi connectivity index (χ1) is 6.74. The predicted molar refractivity (Wildman–Crippen MR) is 61.0 cm³/mol.